The normalized spacial score (nSPS) is 24.5. The van der Waals surface area contributed by atoms with Crippen molar-refractivity contribution in [1.82, 2.24) is 10.9 Å². The Balaban J connectivity index is 1.27. The van der Waals surface area contributed by atoms with Gasteiger partial charge in [0.05, 0.1) is 17.8 Å². The number of hydrazine groups is 1. The molecule has 2 heterocycles. The fourth-order valence-electron chi connectivity index (χ4n) is 4.63. The van der Waals surface area contributed by atoms with Gasteiger partial charge in [-0.05, 0) is 61.4 Å². The minimum absolute atomic E-state index is 0.237. The van der Waals surface area contributed by atoms with Gasteiger partial charge in [-0.1, -0.05) is 30.3 Å². The molecule has 2 aliphatic rings. The molecule has 2 fully saturated rings. The minimum Gasteiger partial charge on any atom is -0.478 e. The number of hydrogen-bond acceptors (Lipinski definition) is 4. The molecule has 0 radical (unpaired) electrons. The number of hydrogen-bond donors (Lipinski definition) is 4. The fraction of sp³-hybridized carbons (Fsp3) is 0.391. The lowest BCUT2D eigenvalue weighted by atomic mass is 9.76. The van der Waals surface area contributed by atoms with Crippen LogP contribution in [0.25, 0.3) is 0 Å². The standard InChI is InChI=1S/C23H27N3O4/c27-22(28)16-9-6-15(7-10-16)8-11-18-19(21-13-12-20(18)30-21)14-24-26-23(29)25-17-4-2-1-3-5-17/h1-7,9-10,18-21,24H,8,11-14H2,(H,27,28)(H2,25,26,29)/t18-,19-,20+,21-/m0/s1. The zero-order valence-electron chi connectivity index (χ0n) is 16.7. The summed E-state index contributed by atoms with van der Waals surface area (Å²) in [6.45, 7) is 0.659. The Morgan fingerprint density at radius 2 is 1.67 bits per heavy atom. The molecule has 2 bridgehead atoms. The average molecular weight is 409 g/mol. The van der Waals surface area contributed by atoms with Gasteiger partial charge in [0.25, 0.3) is 0 Å². The number of aromatic carboxylic acids is 1. The molecule has 2 aromatic carbocycles. The quantitative estimate of drug-likeness (QED) is 0.501. The zero-order chi connectivity index (χ0) is 20.9. The van der Waals surface area contributed by atoms with Gasteiger partial charge in [-0.15, -0.1) is 0 Å². The summed E-state index contributed by atoms with van der Waals surface area (Å²) in [4.78, 5) is 23.1. The lowest BCUT2D eigenvalue weighted by molar-refractivity contribution is 0.0696. The van der Waals surface area contributed by atoms with Crippen LogP contribution in [-0.2, 0) is 11.2 Å². The van der Waals surface area contributed by atoms with Crippen molar-refractivity contribution in [3.05, 3.63) is 65.7 Å². The Bertz CT molecular complexity index is 872. The molecule has 0 aromatic heterocycles. The van der Waals surface area contributed by atoms with Crippen molar-refractivity contribution in [2.75, 3.05) is 11.9 Å². The number of carboxylic acids is 1. The molecule has 0 spiro atoms. The van der Waals surface area contributed by atoms with Crippen LogP contribution >= 0.6 is 0 Å². The van der Waals surface area contributed by atoms with Crippen molar-refractivity contribution < 1.29 is 19.4 Å². The molecule has 30 heavy (non-hydrogen) atoms. The highest BCUT2D eigenvalue weighted by molar-refractivity contribution is 5.88. The maximum Gasteiger partial charge on any atom is 0.335 e. The van der Waals surface area contributed by atoms with Crippen LogP contribution in [0.3, 0.4) is 0 Å². The van der Waals surface area contributed by atoms with Crippen molar-refractivity contribution in [2.24, 2.45) is 11.8 Å². The van der Waals surface area contributed by atoms with Gasteiger partial charge < -0.3 is 15.2 Å². The molecule has 158 valence electrons. The van der Waals surface area contributed by atoms with E-state index in [1.165, 1.54) is 0 Å². The van der Waals surface area contributed by atoms with Crippen LogP contribution in [0, 0.1) is 11.8 Å². The van der Waals surface area contributed by atoms with Gasteiger partial charge in [0, 0.05) is 18.2 Å². The number of benzene rings is 2. The molecule has 4 atom stereocenters. The number of amides is 2. The van der Waals surface area contributed by atoms with E-state index in [9.17, 15) is 9.59 Å². The second-order valence-electron chi connectivity index (χ2n) is 7.98. The van der Waals surface area contributed by atoms with Gasteiger partial charge in [-0.2, -0.15) is 0 Å². The van der Waals surface area contributed by atoms with Gasteiger partial charge in [0.2, 0.25) is 0 Å². The smallest absolute Gasteiger partial charge is 0.335 e. The summed E-state index contributed by atoms with van der Waals surface area (Å²) in [7, 11) is 0. The number of para-hydroxylation sites is 1. The third-order valence-corrected chi connectivity index (χ3v) is 6.13. The third-order valence-electron chi connectivity index (χ3n) is 6.13. The Morgan fingerprint density at radius 3 is 2.37 bits per heavy atom. The van der Waals surface area contributed by atoms with Crippen molar-refractivity contribution in [3.63, 3.8) is 0 Å². The van der Waals surface area contributed by atoms with Crippen molar-refractivity contribution in [1.29, 1.82) is 0 Å². The maximum absolute atomic E-state index is 12.1. The number of rotatable bonds is 8. The Kier molecular flexibility index (Phi) is 6.30. The van der Waals surface area contributed by atoms with Crippen LogP contribution in [0.1, 0.15) is 35.2 Å². The van der Waals surface area contributed by atoms with E-state index in [0.29, 0.717) is 23.9 Å². The summed E-state index contributed by atoms with van der Waals surface area (Å²) >= 11 is 0. The number of aryl methyl sites for hydroxylation is 1. The Labute approximate surface area is 175 Å². The minimum atomic E-state index is -0.905. The zero-order valence-corrected chi connectivity index (χ0v) is 16.7. The monoisotopic (exact) mass is 409 g/mol. The number of ether oxygens (including phenoxy) is 1. The van der Waals surface area contributed by atoms with E-state index < -0.39 is 5.97 Å². The van der Waals surface area contributed by atoms with Crippen molar-refractivity contribution >= 4 is 17.7 Å². The highest BCUT2D eigenvalue weighted by Gasteiger charge is 2.48. The molecule has 0 unspecified atom stereocenters. The average Bonchev–Trinajstić information content (AvgIpc) is 3.35. The molecule has 0 saturated carbocycles. The van der Waals surface area contributed by atoms with Gasteiger partial charge in [0.15, 0.2) is 0 Å². The Hall–Kier alpha value is -2.90. The van der Waals surface area contributed by atoms with E-state index in [1.54, 1.807) is 12.1 Å². The molecule has 2 aliphatic heterocycles. The summed E-state index contributed by atoms with van der Waals surface area (Å²) < 4.78 is 6.14. The first kappa shape index (κ1) is 20.4. The molecule has 7 nitrogen and oxygen atoms in total. The van der Waals surface area contributed by atoms with Crippen LogP contribution in [0.4, 0.5) is 10.5 Å². The van der Waals surface area contributed by atoms with E-state index in [-0.39, 0.29) is 18.2 Å². The van der Waals surface area contributed by atoms with Crippen molar-refractivity contribution in [2.45, 2.75) is 37.9 Å². The number of carbonyl (C=O) groups excluding carboxylic acids is 1. The summed E-state index contributed by atoms with van der Waals surface area (Å²) in [5, 5.41) is 11.8. The Morgan fingerprint density at radius 1 is 0.967 bits per heavy atom. The third kappa shape index (κ3) is 4.80. The van der Waals surface area contributed by atoms with Crippen LogP contribution in [0.2, 0.25) is 0 Å². The molecule has 2 aromatic rings. The largest absolute Gasteiger partial charge is 0.478 e. The van der Waals surface area contributed by atoms with E-state index in [1.807, 2.05) is 42.5 Å². The van der Waals surface area contributed by atoms with Crippen LogP contribution in [0.15, 0.2) is 54.6 Å². The van der Waals surface area contributed by atoms with Crippen molar-refractivity contribution in [3.8, 4) is 0 Å². The highest BCUT2D eigenvalue weighted by atomic mass is 16.5. The molecule has 2 saturated heterocycles. The highest BCUT2D eigenvalue weighted by Crippen LogP contribution is 2.45. The number of fused-ring (bicyclic) bond motifs is 2. The number of carbonyl (C=O) groups is 2. The molecule has 0 aliphatic carbocycles. The first-order valence-electron chi connectivity index (χ1n) is 10.4. The summed E-state index contributed by atoms with van der Waals surface area (Å²) in [5.74, 6) is -0.133. The number of carboxylic acid groups (broad SMARTS) is 1. The molecule has 4 N–H and O–H groups in total. The van der Waals surface area contributed by atoms with Gasteiger partial charge in [0.1, 0.15) is 0 Å². The first-order valence-corrected chi connectivity index (χ1v) is 10.4. The first-order chi connectivity index (χ1) is 14.6. The van der Waals surface area contributed by atoms with Crippen LogP contribution < -0.4 is 16.2 Å². The molecule has 7 heteroatoms. The SMILES string of the molecule is O=C(NNC[C@H]1[C@H](CCc2ccc(C(=O)O)cc2)[C@H]2CC[C@@H]1O2)Nc1ccccc1. The van der Waals surface area contributed by atoms with E-state index in [2.05, 4.69) is 16.2 Å². The predicted octanol–water partition coefficient (Wildman–Crippen LogP) is 3.44. The lowest BCUT2D eigenvalue weighted by Crippen LogP contribution is -2.45. The van der Waals surface area contributed by atoms with E-state index >= 15 is 0 Å². The molecule has 2 amide bonds. The predicted molar refractivity (Wildman–Crippen MR) is 113 cm³/mol. The fourth-order valence-corrected chi connectivity index (χ4v) is 4.63. The summed E-state index contributed by atoms with van der Waals surface area (Å²) in [6, 6.07) is 16.1. The van der Waals surface area contributed by atoms with Crippen LogP contribution in [0.5, 0.6) is 0 Å². The number of nitrogens with one attached hydrogen (secondary N) is 3. The number of anilines is 1. The van der Waals surface area contributed by atoms with E-state index in [4.69, 9.17) is 9.84 Å². The molecular formula is C23H27N3O4. The lowest BCUT2D eigenvalue weighted by Gasteiger charge is -2.28. The second kappa shape index (κ2) is 9.28. The van der Waals surface area contributed by atoms with Gasteiger partial charge in [-0.25, -0.2) is 15.0 Å². The second-order valence-corrected chi connectivity index (χ2v) is 7.98. The van der Waals surface area contributed by atoms with Gasteiger partial charge in [-0.3, -0.25) is 5.43 Å². The van der Waals surface area contributed by atoms with E-state index in [0.717, 1.165) is 36.9 Å². The number of urea groups is 1. The summed E-state index contributed by atoms with van der Waals surface area (Å²) in [6.07, 6.45) is 4.54. The van der Waals surface area contributed by atoms with Gasteiger partial charge >= 0.3 is 12.0 Å². The topological polar surface area (TPSA) is 99.7 Å². The maximum atomic E-state index is 12.1. The van der Waals surface area contributed by atoms with Crippen LogP contribution in [-0.4, -0.2) is 35.9 Å². The molecular weight excluding hydrogens is 382 g/mol. The molecule has 4 rings (SSSR count). The summed E-state index contributed by atoms with van der Waals surface area (Å²) in [5.41, 5.74) is 7.98.